The smallest absolute Gasteiger partial charge is 0.224 e. The van der Waals surface area contributed by atoms with Crippen molar-refractivity contribution in [3.63, 3.8) is 0 Å². The Morgan fingerprint density at radius 2 is 2.25 bits per heavy atom. The van der Waals surface area contributed by atoms with Crippen molar-refractivity contribution in [1.82, 2.24) is 0 Å². The van der Waals surface area contributed by atoms with Crippen LogP contribution in [0.2, 0.25) is 0 Å². The molecule has 0 saturated heterocycles. The second-order valence-electron chi connectivity index (χ2n) is 4.08. The van der Waals surface area contributed by atoms with Crippen LogP contribution in [0.3, 0.4) is 0 Å². The Morgan fingerprint density at radius 1 is 1.56 bits per heavy atom. The minimum atomic E-state index is 0.00232. The molecule has 0 radical (unpaired) electrons. The number of hydrogen-bond donors (Lipinski definition) is 2. The van der Waals surface area contributed by atoms with Gasteiger partial charge in [-0.2, -0.15) is 0 Å². The fraction of sp³-hybridized carbons (Fsp3) is 0.417. The highest BCUT2D eigenvalue weighted by Gasteiger charge is 2.09. The fourth-order valence-electron chi connectivity index (χ4n) is 1.32. The van der Waals surface area contributed by atoms with Crippen LogP contribution < -0.4 is 11.1 Å². The van der Waals surface area contributed by atoms with Crippen molar-refractivity contribution in [3.05, 3.63) is 28.2 Å². The molecular formula is C12H17BrN2O. The molecule has 3 N–H and O–H groups in total. The minimum absolute atomic E-state index is 0.00232. The summed E-state index contributed by atoms with van der Waals surface area (Å²) in [5.41, 5.74) is 7.43. The largest absolute Gasteiger partial charge is 0.330 e. The predicted molar refractivity (Wildman–Crippen MR) is 70.3 cm³/mol. The highest BCUT2D eigenvalue weighted by molar-refractivity contribution is 9.10. The monoisotopic (exact) mass is 284 g/mol. The normalized spacial score (nSPS) is 12.2. The topological polar surface area (TPSA) is 55.1 Å². The molecule has 0 aliphatic rings. The van der Waals surface area contributed by atoms with E-state index in [0.717, 1.165) is 15.7 Å². The summed E-state index contributed by atoms with van der Waals surface area (Å²) in [5, 5.41) is 2.86. The molecule has 88 valence electrons. The molecule has 0 heterocycles. The molecule has 1 atom stereocenters. The van der Waals surface area contributed by atoms with E-state index >= 15 is 0 Å². The fourth-order valence-corrected chi connectivity index (χ4v) is 1.91. The number of aryl methyl sites for hydroxylation is 1. The van der Waals surface area contributed by atoms with Crippen molar-refractivity contribution in [3.8, 4) is 0 Å². The zero-order valence-corrected chi connectivity index (χ0v) is 11.2. The van der Waals surface area contributed by atoms with Crippen LogP contribution in [0.15, 0.2) is 22.7 Å². The SMILES string of the molecule is Cc1ccc(NC(=O)CC(C)CN)c(Br)c1. The molecule has 4 heteroatoms. The van der Waals surface area contributed by atoms with Crippen LogP contribution in [0, 0.1) is 12.8 Å². The van der Waals surface area contributed by atoms with Gasteiger partial charge in [0.25, 0.3) is 0 Å². The molecule has 0 aliphatic heterocycles. The second kappa shape index (κ2) is 6.01. The van der Waals surface area contributed by atoms with Crippen molar-refractivity contribution in [2.24, 2.45) is 11.7 Å². The summed E-state index contributed by atoms with van der Waals surface area (Å²) in [6.45, 7) is 4.50. The lowest BCUT2D eigenvalue weighted by Gasteiger charge is -2.10. The van der Waals surface area contributed by atoms with E-state index in [1.165, 1.54) is 0 Å². The zero-order chi connectivity index (χ0) is 12.1. The first-order valence-corrected chi connectivity index (χ1v) is 6.08. The molecular weight excluding hydrogens is 268 g/mol. The molecule has 3 nitrogen and oxygen atoms in total. The second-order valence-corrected chi connectivity index (χ2v) is 4.93. The van der Waals surface area contributed by atoms with E-state index in [1.807, 2.05) is 32.0 Å². The van der Waals surface area contributed by atoms with Crippen LogP contribution in [0.4, 0.5) is 5.69 Å². The summed E-state index contributed by atoms with van der Waals surface area (Å²) in [4.78, 5) is 11.6. The summed E-state index contributed by atoms with van der Waals surface area (Å²) in [6, 6.07) is 5.83. The van der Waals surface area contributed by atoms with Gasteiger partial charge < -0.3 is 11.1 Å². The van der Waals surface area contributed by atoms with Crippen LogP contribution >= 0.6 is 15.9 Å². The summed E-state index contributed by atoms with van der Waals surface area (Å²) in [5.74, 6) is 0.215. The van der Waals surface area contributed by atoms with Crippen LogP contribution in [-0.4, -0.2) is 12.5 Å². The van der Waals surface area contributed by atoms with Crippen LogP contribution in [0.1, 0.15) is 18.9 Å². The van der Waals surface area contributed by atoms with Gasteiger partial charge in [0.05, 0.1) is 5.69 Å². The van der Waals surface area contributed by atoms with E-state index < -0.39 is 0 Å². The number of amides is 1. The number of benzene rings is 1. The Balaban J connectivity index is 2.63. The molecule has 0 aromatic heterocycles. The Morgan fingerprint density at radius 3 is 2.81 bits per heavy atom. The van der Waals surface area contributed by atoms with Crippen molar-refractivity contribution in [1.29, 1.82) is 0 Å². The first kappa shape index (κ1) is 13.2. The van der Waals surface area contributed by atoms with Gasteiger partial charge in [0.15, 0.2) is 0 Å². The Bertz CT molecular complexity index is 379. The molecule has 0 bridgehead atoms. The first-order chi connectivity index (χ1) is 7.52. The molecule has 0 fully saturated rings. The third-order valence-electron chi connectivity index (χ3n) is 2.33. The van der Waals surface area contributed by atoms with Gasteiger partial charge in [0.2, 0.25) is 5.91 Å². The number of nitrogens with two attached hydrogens (primary N) is 1. The number of carbonyl (C=O) groups excluding carboxylic acids is 1. The Labute approximate surface area is 105 Å². The van der Waals surface area contributed by atoms with Gasteiger partial charge in [-0.05, 0) is 53.0 Å². The van der Waals surface area contributed by atoms with Gasteiger partial charge >= 0.3 is 0 Å². The van der Waals surface area contributed by atoms with Gasteiger partial charge in [0, 0.05) is 10.9 Å². The highest BCUT2D eigenvalue weighted by Crippen LogP contribution is 2.23. The third-order valence-corrected chi connectivity index (χ3v) is 2.99. The highest BCUT2D eigenvalue weighted by atomic mass is 79.9. The van der Waals surface area contributed by atoms with Gasteiger partial charge in [-0.15, -0.1) is 0 Å². The quantitative estimate of drug-likeness (QED) is 0.893. The average molecular weight is 285 g/mol. The standard InChI is InChI=1S/C12H17BrN2O/c1-8-3-4-11(10(13)5-8)15-12(16)6-9(2)7-14/h3-5,9H,6-7,14H2,1-2H3,(H,15,16). The maximum absolute atomic E-state index is 11.6. The van der Waals surface area contributed by atoms with Crippen LogP contribution in [0.25, 0.3) is 0 Å². The molecule has 0 saturated carbocycles. The molecule has 1 aromatic carbocycles. The van der Waals surface area contributed by atoms with E-state index in [2.05, 4.69) is 21.2 Å². The third kappa shape index (κ3) is 3.94. The molecule has 0 spiro atoms. The predicted octanol–water partition coefficient (Wildman–Crippen LogP) is 2.68. The van der Waals surface area contributed by atoms with Crippen molar-refractivity contribution in [2.75, 3.05) is 11.9 Å². The number of anilines is 1. The number of hydrogen-bond acceptors (Lipinski definition) is 2. The van der Waals surface area contributed by atoms with Crippen molar-refractivity contribution < 1.29 is 4.79 Å². The molecule has 16 heavy (non-hydrogen) atoms. The minimum Gasteiger partial charge on any atom is -0.330 e. The molecule has 1 rings (SSSR count). The van der Waals surface area contributed by atoms with E-state index in [4.69, 9.17) is 5.73 Å². The van der Waals surface area contributed by atoms with E-state index in [-0.39, 0.29) is 11.8 Å². The molecule has 0 aliphatic carbocycles. The maximum atomic E-state index is 11.6. The lowest BCUT2D eigenvalue weighted by molar-refractivity contribution is -0.116. The van der Waals surface area contributed by atoms with E-state index in [9.17, 15) is 4.79 Å². The molecule has 1 amide bonds. The van der Waals surface area contributed by atoms with Crippen LogP contribution in [0.5, 0.6) is 0 Å². The number of rotatable bonds is 4. The average Bonchev–Trinajstić information content (AvgIpc) is 2.22. The maximum Gasteiger partial charge on any atom is 0.224 e. The van der Waals surface area contributed by atoms with Crippen molar-refractivity contribution >= 4 is 27.5 Å². The summed E-state index contributed by atoms with van der Waals surface area (Å²) in [7, 11) is 0. The number of halogens is 1. The summed E-state index contributed by atoms with van der Waals surface area (Å²) < 4.78 is 0.904. The van der Waals surface area contributed by atoms with Gasteiger partial charge in [0.1, 0.15) is 0 Å². The molecule has 1 unspecified atom stereocenters. The summed E-state index contributed by atoms with van der Waals surface area (Å²) in [6.07, 6.45) is 0.455. The molecule has 1 aromatic rings. The van der Waals surface area contributed by atoms with E-state index in [1.54, 1.807) is 0 Å². The lowest BCUT2D eigenvalue weighted by atomic mass is 10.1. The first-order valence-electron chi connectivity index (χ1n) is 5.29. The summed E-state index contributed by atoms with van der Waals surface area (Å²) >= 11 is 3.42. The Hall–Kier alpha value is -0.870. The van der Waals surface area contributed by atoms with Gasteiger partial charge in [-0.1, -0.05) is 13.0 Å². The van der Waals surface area contributed by atoms with E-state index in [0.29, 0.717) is 13.0 Å². The zero-order valence-electron chi connectivity index (χ0n) is 9.59. The number of nitrogens with one attached hydrogen (secondary N) is 1. The Kier molecular flexibility index (Phi) is 4.96. The van der Waals surface area contributed by atoms with Gasteiger partial charge in [-0.25, -0.2) is 0 Å². The van der Waals surface area contributed by atoms with Crippen molar-refractivity contribution in [2.45, 2.75) is 20.3 Å². The lowest BCUT2D eigenvalue weighted by Crippen LogP contribution is -2.20. The van der Waals surface area contributed by atoms with Crippen LogP contribution in [-0.2, 0) is 4.79 Å². The number of carbonyl (C=O) groups is 1. The van der Waals surface area contributed by atoms with Gasteiger partial charge in [-0.3, -0.25) is 4.79 Å².